The zero-order valence-electron chi connectivity index (χ0n) is 9.73. The van der Waals surface area contributed by atoms with Gasteiger partial charge in [-0.25, -0.2) is 0 Å². The van der Waals surface area contributed by atoms with Gasteiger partial charge in [0.1, 0.15) is 11.5 Å². The van der Waals surface area contributed by atoms with Crippen molar-refractivity contribution in [1.82, 2.24) is 0 Å². The summed E-state index contributed by atoms with van der Waals surface area (Å²) in [6.45, 7) is 7.95. The Bertz CT molecular complexity index is 460. The van der Waals surface area contributed by atoms with E-state index in [4.69, 9.17) is 4.42 Å². The predicted molar refractivity (Wildman–Crippen MR) is 66.7 cm³/mol. The van der Waals surface area contributed by atoms with Crippen LogP contribution in [0.5, 0.6) is 0 Å². The number of benzene rings is 1. The number of hydrogen-bond acceptors (Lipinski definition) is 1. The third-order valence-electron chi connectivity index (χ3n) is 2.89. The Morgan fingerprint density at radius 2 is 1.88 bits per heavy atom. The summed E-state index contributed by atoms with van der Waals surface area (Å²) >= 11 is 0. The summed E-state index contributed by atoms with van der Waals surface area (Å²) in [6, 6.07) is 12.4. The molecule has 0 amide bonds. The Morgan fingerprint density at radius 3 is 2.38 bits per heavy atom. The lowest BCUT2D eigenvalue weighted by Crippen LogP contribution is -1.94. The summed E-state index contributed by atoms with van der Waals surface area (Å²) in [4.78, 5) is 0. The highest BCUT2D eigenvalue weighted by Crippen LogP contribution is 2.28. The van der Waals surface area contributed by atoms with Crippen LogP contribution in [-0.4, -0.2) is 0 Å². The van der Waals surface area contributed by atoms with Gasteiger partial charge in [-0.1, -0.05) is 36.4 Å². The molecule has 2 aromatic rings. The number of rotatable bonds is 3. The van der Waals surface area contributed by atoms with Crippen molar-refractivity contribution in [3.63, 3.8) is 0 Å². The van der Waals surface area contributed by atoms with E-state index >= 15 is 0 Å². The van der Waals surface area contributed by atoms with E-state index in [-0.39, 0.29) is 5.92 Å². The standard InChI is InChI=1S/C15H16O/c1-4-14(13-8-6-5-7-9-13)15-10-11(2)12(3)16-15/h4-10,14H,1H2,2-3H3. The van der Waals surface area contributed by atoms with Gasteiger partial charge in [0.15, 0.2) is 0 Å². The van der Waals surface area contributed by atoms with E-state index in [1.807, 2.05) is 31.2 Å². The van der Waals surface area contributed by atoms with E-state index < -0.39 is 0 Å². The van der Waals surface area contributed by atoms with Crippen molar-refractivity contribution in [3.8, 4) is 0 Å². The van der Waals surface area contributed by atoms with E-state index in [9.17, 15) is 0 Å². The fraction of sp³-hybridized carbons (Fsp3) is 0.200. The topological polar surface area (TPSA) is 13.1 Å². The average molecular weight is 212 g/mol. The Kier molecular flexibility index (Phi) is 2.95. The molecule has 0 spiro atoms. The van der Waals surface area contributed by atoms with Gasteiger partial charge in [-0.15, -0.1) is 6.58 Å². The number of hydrogen-bond donors (Lipinski definition) is 0. The molecule has 1 aromatic carbocycles. The molecular weight excluding hydrogens is 196 g/mol. The van der Waals surface area contributed by atoms with Crippen LogP contribution in [0.2, 0.25) is 0 Å². The van der Waals surface area contributed by atoms with Gasteiger partial charge >= 0.3 is 0 Å². The van der Waals surface area contributed by atoms with Gasteiger partial charge in [0.05, 0.1) is 5.92 Å². The van der Waals surface area contributed by atoms with Crippen molar-refractivity contribution in [1.29, 1.82) is 0 Å². The van der Waals surface area contributed by atoms with Gasteiger partial charge in [0.2, 0.25) is 0 Å². The normalized spacial score (nSPS) is 12.4. The van der Waals surface area contributed by atoms with E-state index in [0.29, 0.717) is 0 Å². The second kappa shape index (κ2) is 4.40. The molecule has 0 fully saturated rings. The van der Waals surface area contributed by atoms with Crippen LogP contribution in [0.4, 0.5) is 0 Å². The Balaban J connectivity index is 2.40. The summed E-state index contributed by atoms with van der Waals surface area (Å²) in [5.41, 5.74) is 2.41. The largest absolute Gasteiger partial charge is 0.465 e. The monoisotopic (exact) mass is 212 g/mol. The molecule has 1 aromatic heterocycles. The first-order chi connectivity index (χ1) is 7.72. The highest BCUT2D eigenvalue weighted by Gasteiger charge is 2.14. The number of aryl methyl sites for hydroxylation is 2. The molecule has 0 aliphatic carbocycles. The van der Waals surface area contributed by atoms with Gasteiger partial charge in [0.25, 0.3) is 0 Å². The highest BCUT2D eigenvalue weighted by molar-refractivity contribution is 5.34. The fourth-order valence-electron chi connectivity index (χ4n) is 1.83. The molecule has 0 aliphatic rings. The van der Waals surface area contributed by atoms with Crippen molar-refractivity contribution in [3.05, 3.63) is 71.7 Å². The maximum absolute atomic E-state index is 5.75. The highest BCUT2D eigenvalue weighted by atomic mass is 16.3. The number of allylic oxidation sites excluding steroid dienone is 1. The lowest BCUT2D eigenvalue weighted by molar-refractivity contribution is 0.479. The minimum Gasteiger partial charge on any atom is -0.465 e. The smallest absolute Gasteiger partial charge is 0.115 e. The summed E-state index contributed by atoms with van der Waals surface area (Å²) in [7, 11) is 0. The van der Waals surface area contributed by atoms with Gasteiger partial charge < -0.3 is 4.42 Å². The molecule has 2 rings (SSSR count). The predicted octanol–water partition coefficient (Wildman–Crippen LogP) is 4.21. The quantitative estimate of drug-likeness (QED) is 0.694. The second-order valence-electron chi connectivity index (χ2n) is 4.01. The molecule has 0 bridgehead atoms. The minimum atomic E-state index is 0.147. The zero-order valence-corrected chi connectivity index (χ0v) is 9.73. The molecule has 1 nitrogen and oxygen atoms in total. The van der Waals surface area contributed by atoms with Crippen LogP contribution in [0.3, 0.4) is 0 Å². The van der Waals surface area contributed by atoms with Crippen molar-refractivity contribution < 1.29 is 4.42 Å². The molecule has 1 heteroatoms. The molecule has 0 N–H and O–H groups in total. The zero-order chi connectivity index (χ0) is 11.5. The molecule has 0 aliphatic heterocycles. The minimum absolute atomic E-state index is 0.147. The maximum atomic E-state index is 5.75. The third-order valence-corrected chi connectivity index (χ3v) is 2.89. The van der Waals surface area contributed by atoms with Crippen LogP contribution in [0.25, 0.3) is 0 Å². The molecule has 0 saturated carbocycles. The molecule has 0 radical (unpaired) electrons. The van der Waals surface area contributed by atoms with Crippen LogP contribution in [0, 0.1) is 13.8 Å². The van der Waals surface area contributed by atoms with E-state index in [1.165, 1.54) is 11.1 Å². The Morgan fingerprint density at radius 1 is 1.19 bits per heavy atom. The van der Waals surface area contributed by atoms with Crippen molar-refractivity contribution in [2.45, 2.75) is 19.8 Å². The molecule has 1 heterocycles. The summed E-state index contributed by atoms with van der Waals surface area (Å²) < 4.78 is 5.75. The van der Waals surface area contributed by atoms with Gasteiger partial charge in [0, 0.05) is 0 Å². The first kappa shape index (κ1) is 10.7. The summed E-state index contributed by atoms with van der Waals surface area (Å²) in [5.74, 6) is 2.10. The Hall–Kier alpha value is -1.76. The lowest BCUT2D eigenvalue weighted by Gasteiger charge is -2.09. The molecule has 82 valence electrons. The van der Waals surface area contributed by atoms with Crippen LogP contribution < -0.4 is 0 Å². The lowest BCUT2D eigenvalue weighted by atomic mass is 9.96. The Labute approximate surface area is 96.4 Å². The summed E-state index contributed by atoms with van der Waals surface area (Å²) in [6.07, 6.45) is 1.92. The van der Waals surface area contributed by atoms with E-state index in [2.05, 4.69) is 31.7 Å². The van der Waals surface area contributed by atoms with Gasteiger partial charge in [-0.2, -0.15) is 0 Å². The maximum Gasteiger partial charge on any atom is 0.115 e. The molecule has 16 heavy (non-hydrogen) atoms. The molecular formula is C15H16O. The summed E-state index contributed by atoms with van der Waals surface area (Å²) in [5, 5.41) is 0. The first-order valence-electron chi connectivity index (χ1n) is 5.47. The molecule has 1 unspecified atom stereocenters. The average Bonchev–Trinajstić information content (AvgIpc) is 2.61. The third kappa shape index (κ3) is 1.94. The number of furan rings is 1. The molecule has 0 saturated heterocycles. The van der Waals surface area contributed by atoms with Crippen LogP contribution in [0.1, 0.15) is 28.6 Å². The molecule has 1 atom stereocenters. The van der Waals surface area contributed by atoms with Gasteiger partial charge in [-0.05, 0) is 31.0 Å². The fourth-order valence-corrected chi connectivity index (χ4v) is 1.83. The first-order valence-corrected chi connectivity index (χ1v) is 5.47. The van der Waals surface area contributed by atoms with Crippen molar-refractivity contribution in [2.75, 3.05) is 0 Å². The van der Waals surface area contributed by atoms with Crippen molar-refractivity contribution in [2.24, 2.45) is 0 Å². The van der Waals surface area contributed by atoms with Gasteiger partial charge in [-0.3, -0.25) is 0 Å². The second-order valence-corrected chi connectivity index (χ2v) is 4.01. The van der Waals surface area contributed by atoms with E-state index in [0.717, 1.165) is 11.5 Å². The van der Waals surface area contributed by atoms with Crippen LogP contribution in [-0.2, 0) is 0 Å². The van der Waals surface area contributed by atoms with Crippen molar-refractivity contribution >= 4 is 0 Å². The van der Waals surface area contributed by atoms with Crippen LogP contribution in [0.15, 0.2) is 53.5 Å². The van der Waals surface area contributed by atoms with Crippen LogP contribution >= 0.6 is 0 Å². The van der Waals surface area contributed by atoms with E-state index in [1.54, 1.807) is 0 Å². The SMILES string of the molecule is C=CC(c1ccccc1)c1cc(C)c(C)o1.